The number of unbranched alkanes of at least 4 members (excludes halogenated alkanes) is 6. The average molecular weight is 298 g/mol. The minimum atomic E-state index is 0.504. The van der Waals surface area contributed by atoms with Gasteiger partial charge in [-0.25, -0.2) is 0 Å². The van der Waals surface area contributed by atoms with Crippen LogP contribution >= 0.6 is 0 Å². The van der Waals surface area contributed by atoms with Gasteiger partial charge in [-0.1, -0.05) is 65.7 Å². The molecule has 1 fully saturated rings. The molecule has 0 bridgehead atoms. The quantitative estimate of drug-likeness (QED) is 0.465. The van der Waals surface area contributed by atoms with Crippen molar-refractivity contribution in [1.82, 2.24) is 5.32 Å². The highest BCUT2D eigenvalue weighted by Crippen LogP contribution is 2.29. The molecule has 1 aliphatic heterocycles. The molecule has 1 aliphatic rings. The molecule has 1 N–H and O–H groups in total. The molecule has 1 heterocycles. The maximum atomic E-state index is 5.91. The minimum absolute atomic E-state index is 0.504. The molecule has 0 radical (unpaired) electrons. The molecule has 0 saturated carbocycles. The Kier molecular flexibility index (Phi) is 11.3. The van der Waals surface area contributed by atoms with E-state index in [9.17, 15) is 0 Å². The Morgan fingerprint density at radius 1 is 0.952 bits per heavy atom. The standard InChI is InChI=1S/C19H39NO/c1-4-7-8-9-10-11-12-13-18(20-15-5-2)17-14-16-21-19(17)6-3/h17-20H,4-16H2,1-3H3. The van der Waals surface area contributed by atoms with Crippen LogP contribution in [0, 0.1) is 5.92 Å². The molecule has 0 amide bonds. The molecule has 1 saturated heterocycles. The van der Waals surface area contributed by atoms with Crippen LogP contribution < -0.4 is 5.32 Å². The van der Waals surface area contributed by atoms with Gasteiger partial charge in [0.1, 0.15) is 0 Å². The lowest BCUT2D eigenvalue weighted by atomic mass is 9.87. The average Bonchev–Trinajstić information content (AvgIpc) is 2.97. The molecule has 3 atom stereocenters. The lowest BCUT2D eigenvalue weighted by Gasteiger charge is -2.28. The van der Waals surface area contributed by atoms with Gasteiger partial charge in [0.05, 0.1) is 6.10 Å². The Morgan fingerprint density at radius 2 is 1.67 bits per heavy atom. The molecule has 1 rings (SSSR count). The number of hydrogen-bond acceptors (Lipinski definition) is 2. The maximum Gasteiger partial charge on any atom is 0.0616 e. The van der Waals surface area contributed by atoms with Gasteiger partial charge >= 0.3 is 0 Å². The summed E-state index contributed by atoms with van der Waals surface area (Å²) in [5, 5.41) is 3.81. The zero-order chi connectivity index (χ0) is 15.3. The fourth-order valence-corrected chi connectivity index (χ4v) is 3.66. The Labute approximate surface area is 133 Å². The Hall–Kier alpha value is -0.0800. The Balaban J connectivity index is 2.23. The zero-order valence-corrected chi connectivity index (χ0v) is 14.8. The van der Waals surface area contributed by atoms with E-state index in [2.05, 4.69) is 26.1 Å². The molecular weight excluding hydrogens is 258 g/mol. The SMILES string of the molecule is CCCCCCCCCC(NCCC)C1CCOC1CC. The summed E-state index contributed by atoms with van der Waals surface area (Å²) in [6.45, 7) is 8.96. The van der Waals surface area contributed by atoms with Crippen molar-refractivity contribution in [2.75, 3.05) is 13.2 Å². The van der Waals surface area contributed by atoms with E-state index in [0.717, 1.165) is 19.1 Å². The number of nitrogens with one attached hydrogen (secondary N) is 1. The van der Waals surface area contributed by atoms with Gasteiger partial charge in [-0.3, -0.25) is 0 Å². The van der Waals surface area contributed by atoms with Gasteiger partial charge in [0.25, 0.3) is 0 Å². The summed E-state index contributed by atoms with van der Waals surface area (Å²) >= 11 is 0. The number of rotatable bonds is 13. The van der Waals surface area contributed by atoms with Crippen LogP contribution in [-0.4, -0.2) is 25.3 Å². The monoisotopic (exact) mass is 297 g/mol. The van der Waals surface area contributed by atoms with Crippen molar-refractivity contribution < 1.29 is 4.74 Å². The van der Waals surface area contributed by atoms with E-state index in [1.165, 1.54) is 70.6 Å². The van der Waals surface area contributed by atoms with Crippen molar-refractivity contribution in [2.24, 2.45) is 5.92 Å². The van der Waals surface area contributed by atoms with Crippen molar-refractivity contribution in [1.29, 1.82) is 0 Å². The van der Waals surface area contributed by atoms with E-state index in [0.29, 0.717) is 12.1 Å². The molecule has 0 aromatic carbocycles. The van der Waals surface area contributed by atoms with E-state index in [1.807, 2.05) is 0 Å². The predicted octanol–water partition coefficient (Wildman–Crippen LogP) is 5.31. The van der Waals surface area contributed by atoms with Crippen LogP contribution in [0.2, 0.25) is 0 Å². The molecule has 0 aliphatic carbocycles. The van der Waals surface area contributed by atoms with E-state index in [4.69, 9.17) is 4.74 Å². The summed E-state index contributed by atoms with van der Waals surface area (Å²) in [6, 6.07) is 0.688. The first kappa shape index (κ1) is 19.0. The Morgan fingerprint density at radius 3 is 2.33 bits per heavy atom. The van der Waals surface area contributed by atoms with E-state index in [1.54, 1.807) is 0 Å². The van der Waals surface area contributed by atoms with Crippen LogP contribution in [0.25, 0.3) is 0 Å². The van der Waals surface area contributed by atoms with Crippen molar-refractivity contribution in [3.8, 4) is 0 Å². The van der Waals surface area contributed by atoms with Crippen LogP contribution in [0.4, 0.5) is 0 Å². The van der Waals surface area contributed by atoms with Crippen molar-refractivity contribution in [3.63, 3.8) is 0 Å². The van der Waals surface area contributed by atoms with Gasteiger partial charge in [0.2, 0.25) is 0 Å². The summed E-state index contributed by atoms with van der Waals surface area (Å²) in [5.41, 5.74) is 0. The smallest absolute Gasteiger partial charge is 0.0616 e. The summed E-state index contributed by atoms with van der Waals surface area (Å²) < 4.78 is 5.91. The largest absolute Gasteiger partial charge is 0.378 e. The van der Waals surface area contributed by atoms with Crippen molar-refractivity contribution in [3.05, 3.63) is 0 Å². The molecule has 21 heavy (non-hydrogen) atoms. The lowest BCUT2D eigenvalue weighted by molar-refractivity contribution is 0.0761. The number of hydrogen-bond donors (Lipinski definition) is 1. The van der Waals surface area contributed by atoms with Gasteiger partial charge in [-0.05, 0) is 32.2 Å². The summed E-state index contributed by atoms with van der Waals surface area (Å²) in [5.74, 6) is 0.752. The lowest BCUT2D eigenvalue weighted by Crippen LogP contribution is -2.40. The molecule has 3 unspecified atom stereocenters. The summed E-state index contributed by atoms with van der Waals surface area (Å²) in [6.07, 6.45) is 15.4. The molecular formula is C19H39NO. The van der Waals surface area contributed by atoms with Gasteiger partial charge in [-0.15, -0.1) is 0 Å². The predicted molar refractivity (Wildman–Crippen MR) is 92.8 cm³/mol. The van der Waals surface area contributed by atoms with E-state index >= 15 is 0 Å². The molecule has 2 heteroatoms. The van der Waals surface area contributed by atoms with Crippen LogP contribution in [0.5, 0.6) is 0 Å². The van der Waals surface area contributed by atoms with Crippen molar-refractivity contribution >= 4 is 0 Å². The highest BCUT2D eigenvalue weighted by Gasteiger charge is 2.32. The first-order valence-corrected chi connectivity index (χ1v) is 9.68. The maximum absolute atomic E-state index is 5.91. The Bertz CT molecular complexity index is 232. The fourth-order valence-electron chi connectivity index (χ4n) is 3.66. The third-order valence-electron chi connectivity index (χ3n) is 4.96. The highest BCUT2D eigenvalue weighted by molar-refractivity contribution is 4.85. The normalized spacial score (nSPS) is 23.6. The van der Waals surface area contributed by atoms with Gasteiger partial charge in [0.15, 0.2) is 0 Å². The molecule has 0 aromatic rings. The van der Waals surface area contributed by atoms with Gasteiger partial charge in [-0.2, -0.15) is 0 Å². The van der Waals surface area contributed by atoms with E-state index in [-0.39, 0.29) is 0 Å². The van der Waals surface area contributed by atoms with Crippen LogP contribution in [-0.2, 0) is 4.74 Å². The number of ether oxygens (including phenoxy) is 1. The van der Waals surface area contributed by atoms with Gasteiger partial charge < -0.3 is 10.1 Å². The van der Waals surface area contributed by atoms with Crippen LogP contribution in [0.15, 0.2) is 0 Å². The topological polar surface area (TPSA) is 21.3 Å². The molecule has 0 aromatic heterocycles. The highest BCUT2D eigenvalue weighted by atomic mass is 16.5. The first-order valence-electron chi connectivity index (χ1n) is 9.68. The van der Waals surface area contributed by atoms with Crippen LogP contribution in [0.3, 0.4) is 0 Å². The summed E-state index contributed by atoms with van der Waals surface area (Å²) in [7, 11) is 0. The van der Waals surface area contributed by atoms with Gasteiger partial charge in [0, 0.05) is 18.6 Å². The second-order valence-corrected chi connectivity index (χ2v) is 6.74. The third-order valence-corrected chi connectivity index (χ3v) is 4.96. The second kappa shape index (κ2) is 12.5. The molecule has 126 valence electrons. The fraction of sp³-hybridized carbons (Fsp3) is 1.00. The minimum Gasteiger partial charge on any atom is -0.378 e. The van der Waals surface area contributed by atoms with Crippen molar-refractivity contribution in [2.45, 2.75) is 104 Å². The first-order chi connectivity index (χ1) is 10.3. The van der Waals surface area contributed by atoms with E-state index < -0.39 is 0 Å². The summed E-state index contributed by atoms with van der Waals surface area (Å²) in [4.78, 5) is 0. The molecule has 2 nitrogen and oxygen atoms in total. The molecule has 0 spiro atoms. The van der Waals surface area contributed by atoms with Crippen LogP contribution in [0.1, 0.15) is 91.4 Å². The zero-order valence-electron chi connectivity index (χ0n) is 14.8. The second-order valence-electron chi connectivity index (χ2n) is 6.74. The third kappa shape index (κ3) is 7.65.